The summed E-state index contributed by atoms with van der Waals surface area (Å²) in [4.78, 5) is 32.9. The van der Waals surface area contributed by atoms with Crippen LogP contribution >= 0.6 is 11.6 Å². The standard InChI is InChI=1S/C28H32ClFN6O2/c1-17-33-25-15-36(16-26(25)34-17)27(37)11-20-2-3-22(12-24(20)30)38-9-6-19-10-23(19)18-4-7-35(8-5-18)28-31-13-21(29)14-32-28/h2-3,12-14,18-19,23H,4-11,15-16H2,1H3,(H,33,34)/t19-,23?/m1/s1. The summed E-state index contributed by atoms with van der Waals surface area (Å²) in [5.74, 6) is 3.79. The molecular weight excluding hydrogens is 507 g/mol. The number of benzene rings is 1. The number of fused-ring (bicyclic) bond motifs is 1. The maximum atomic E-state index is 14.7. The van der Waals surface area contributed by atoms with Gasteiger partial charge in [-0.15, -0.1) is 0 Å². The third-order valence-electron chi connectivity index (χ3n) is 8.16. The first-order valence-electron chi connectivity index (χ1n) is 13.4. The van der Waals surface area contributed by atoms with E-state index in [1.165, 1.54) is 12.5 Å². The first-order chi connectivity index (χ1) is 18.4. The minimum atomic E-state index is -0.400. The number of carbonyl (C=O) groups is 1. The highest BCUT2D eigenvalue weighted by atomic mass is 35.5. The van der Waals surface area contributed by atoms with Crippen molar-refractivity contribution in [2.75, 3.05) is 24.6 Å². The number of imidazole rings is 1. The quantitative estimate of drug-likeness (QED) is 0.447. The summed E-state index contributed by atoms with van der Waals surface area (Å²) in [7, 11) is 0. The number of ether oxygens (including phenoxy) is 1. The van der Waals surface area contributed by atoms with Crippen LogP contribution in [-0.2, 0) is 24.3 Å². The predicted molar refractivity (Wildman–Crippen MR) is 141 cm³/mol. The fourth-order valence-electron chi connectivity index (χ4n) is 5.99. The molecule has 2 atom stereocenters. The molecule has 1 saturated carbocycles. The van der Waals surface area contributed by atoms with Crippen molar-refractivity contribution in [1.29, 1.82) is 0 Å². The van der Waals surface area contributed by atoms with Crippen LogP contribution < -0.4 is 9.64 Å². The van der Waals surface area contributed by atoms with Gasteiger partial charge in [0.25, 0.3) is 0 Å². The molecule has 10 heteroatoms. The molecule has 4 heterocycles. The van der Waals surface area contributed by atoms with Crippen LogP contribution in [-0.4, -0.2) is 50.4 Å². The van der Waals surface area contributed by atoms with Crippen molar-refractivity contribution in [3.05, 3.63) is 64.2 Å². The maximum Gasteiger partial charge on any atom is 0.227 e. The molecule has 1 saturated heterocycles. The Bertz CT molecular complexity index is 1280. The fraction of sp³-hybridized carbons (Fsp3) is 0.500. The van der Waals surface area contributed by atoms with Gasteiger partial charge in [0, 0.05) is 19.2 Å². The van der Waals surface area contributed by atoms with Crippen molar-refractivity contribution in [2.45, 2.75) is 52.1 Å². The van der Waals surface area contributed by atoms with Crippen LogP contribution in [0.2, 0.25) is 5.02 Å². The average molecular weight is 539 g/mol. The van der Waals surface area contributed by atoms with Crippen molar-refractivity contribution in [3.8, 4) is 5.75 Å². The Morgan fingerprint density at radius 2 is 2.00 bits per heavy atom. The van der Waals surface area contributed by atoms with Gasteiger partial charge in [-0.05, 0) is 62.0 Å². The zero-order valence-electron chi connectivity index (χ0n) is 21.5. The Morgan fingerprint density at radius 3 is 2.74 bits per heavy atom. The highest BCUT2D eigenvalue weighted by molar-refractivity contribution is 6.30. The molecule has 1 aliphatic carbocycles. The first-order valence-corrected chi connectivity index (χ1v) is 13.8. The third-order valence-corrected chi connectivity index (χ3v) is 8.36. The van der Waals surface area contributed by atoms with Gasteiger partial charge in [-0.25, -0.2) is 19.3 Å². The number of amides is 1. The van der Waals surface area contributed by atoms with Gasteiger partial charge in [0.2, 0.25) is 11.9 Å². The van der Waals surface area contributed by atoms with E-state index in [-0.39, 0.29) is 12.3 Å². The molecule has 1 N–H and O–H groups in total. The summed E-state index contributed by atoms with van der Waals surface area (Å²) in [5.41, 5.74) is 2.26. The molecule has 1 unspecified atom stereocenters. The van der Waals surface area contributed by atoms with E-state index in [1.807, 2.05) is 6.92 Å². The Kier molecular flexibility index (Phi) is 6.95. The molecule has 2 aliphatic heterocycles. The van der Waals surface area contributed by atoms with Gasteiger partial charge in [0.1, 0.15) is 17.4 Å². The van der Waals surface area contributed by atoms with E-state index < -0.39 is 5.82 Å². The number of nitrogens with zero attached hydrogens (tertiary/aromatic N) is 5. The molecule has 0 radical (unpaired) electrons. The van der Waals surface area contributed by atoms with E-state index in [1.54, 1.807) is 29.4 Å². The smallest absolute Gasteiger partial charge is 0.227 e. The Hall–Kier alpha value is -3.20. The number of rotatable bonds is 8. The van der Waals surface area contributed by atoms with Crippen molar-refractivity contribution in [1.82, 2.24) is 24.8 Å². The first kappa shape index (κ1) is 25.1. The number of aromatic nitrogens is 4. The summed E-state index contributed by atoms with van der Waals surface area (Å²) in [6, 6.07) is 4.83. The van der Waals surface area contributed by atoms with Crippen LogP contribution in [0.25, 0.3) is 0 Å². The number of carbonyl (C=O) groups excluding carboxylic acids is 1. The Morgan fingerprint density at radius 1 is 1.21 bits per heavy atom. The molecule has 1 amide bonds. The molecule has 0 bridgehead atoms. The fourth-order valence-corrected chi connectivity index (χ4v) is 6.09. The Balaban J connectivity index is 0.919. The van der Waals surface area contributed by atoms with E-state index in [0.717, 1.165) is 67.3 Å². The predicted octanol–water partition coefficient (Wildman–Crippen LogP) is 4.71. The summed E-state index contributed by atoms with van der Waals surface area (Å²) in [6.07, 6.45) is 7.86. The lowest BCUT2D eigenvalue weighted by atomic mass is 9.90. The lowest BCUT2D eigenvalue weighted by molar-refractivity contribution is -0.131. The molecule has 1 aromatic carbocycles. The number of aryl methyl sites for hydroxylation is 1. The number of halogens is 2. The van der Waals surface area contributed by atoms with Gasteiger partial charge in [-0.2, -0.15) is 0 Å². The van der Waals surface area contributed by atoms with Crippen LogP contribution in [0.15, 0.2) is 30.6 Å². The van der Waals surface area contributed by atoms with Crippen LogP contribution in [0.1, 0.15) is 48.5 Å². The van der Waals surface area contributed by atoms with E-state index in [2.05, 4.69) is 24.8 Å². The molecule has 6 rings (SSSR count). The molecule has 3 aromatic rings. The van der Waals surface area contributed by atoms with E-state index >= 15 is 0 Å². The van der Waals surface area contributed by atoms with Gasteiger partial charge >= 0.3 is 0 Å². The number of aromatic amines is 1. The molecule has 3 aliphatic rings. The van der Waals surface area contributed by atoms with Gasteiger partial charge in [0.15, 0.2) is 0 Å². The summed E-state index contributed by atoms with van der Waals surface area (Å²) in [5, 5.41) is 0.558. The molecule has 0 spiro atoms. The third kappa shape index (κ3) is 5.48. The number of anilines is 1. The molecule has 200 valence electrons. The second-order valence-electron chi connectivity index (χ2n) is 10.7. The van der Waals surface area contributed by atoms with E-state index in [9.17, 15) is 9.18 Å². The lowest BCUT2D eigenvalue weighted by Crippen LogP contribution is -2.35. The number of H-pyrrole nitrogens is 1. The highest BCUT2D eigenvalue weighted by Gasteiger charge is 2.43. The lowest BCUT2D eigenvalue weighted by Gasteiger charge is -2.32. The Labute approximate surface area is 226 Å². The molecule has 8 nitrogen and oxygen atoms in total. The number of hydrogen-bond donors (Lipinski definition) is 1. The van der Waals surface area contributed by atoms with Gasteiger partial charge in [-0.1, -0.05) is 17.7 Å². The minimum Gasteiger partial charge on any atom is -0.493 e. The van der Waals surface area contributed by atoms with Crippen molar-refractivity contribution in [3.63, 3.8) is 0 Å². The normalized spacial score (nSPS) is 21.0. The summed E-state index contributed by atoms with van der Waals surface area (Å²) in [6.45, 7) is 5.39. The molecule has 2 aromatic heterocycles. The van der Waals surface area contributed by atoms with Gasteiger partial charge < -0.3 is 19.5 Å². The van der Waals surface area contributed by atoms with Crippen LogP contribution in [0, 0.1) is 30.5 Å². The van der Waals surface area contributed by atoms with Crippen LogP contribution in [0.3, 0.4) is 0 Å². The average Bonchev–Trinajstić information content (AvgIpc) is 3.44. The van der Waals surface area contributed by atoms with Crippen molar-refractivity contribution >= 4 is 23.5 Å². The second-order valence-corrected chi connectivity index (χ2v) is 11.2. The number of piperidine rings is 1. The van der Waals surface area contributed by atoms with Crippen LogP contribution in [0.4, 0.5) is 10.3 Å². The zero-order chi connectivity index (χ0) is 26.2. The number of hydrogen-bond acceptors (Lipinski definition) is 6. The van der Waals surface area contributed by atoms with Crippen molar-refractivity contribution in [2.24, 2.45) is 17.8 Å². The maximum absolute atomic E-state index is 14.7. The van der Waals surface area contributed by atoms with Gasteiger partial charge in [-0.3, -0.25) is 4.79 Å². The largest absolute Gasteiger partial charge is 0.493 e. The molecular formula is C28H32ClFN6O2. The monoisotopic (exact) mass is 538 g/mol. The topological polar surface area (TPSA) is 87.2 Å². The highest BCUT2D eigenvalue weighted by Crippen LogP contribution is 2.49. The summed E-state index contributed by atoms with van der Waals surface area (Å²) >= 11 is 5.90. The van der Waals surface area contributed by atoms with E-state index in [0.29, 0.717) is 41.9 Å². The SMILES string of the molecule is Cc1nc2c([nH]1)CN(C(=O)Cc1ccc(OCC[C@@H]3CC3C3CCN(c4ncc(Cl)cn4)CC3)cc1F)C2. The second kappa shape index (κ2) is 10.5. The van der Waals surface area contributed by atoms with Gasteiger partial charge in [0.05, 0.1) is 54.9 Å². The molecule has 38 heavy (non-hydrogen) atoms. The molecule has 2 fully saturated rings. The zero-order valence-corrected chi connectivity index (χ0v) is 22.3. The summed E-state index contributed by atoms with van der Waals surface area (Å²) < 4.78 is 20.6. The minimum absolute atomic E-state index is 0.0298. The van der Waals surface area contributed by atoms with Crippen LogP contribution in [0.5, 0.6) is 5.75 Å². The van der Waals surface area contributed by atoms with E-state index in [4.69, 9.17) is 16.3 Å². The number of nitrogens with one attached hydrogen (secondary N) is 1. The van der Waals surface area contributed by atoms with Crippen molar-refractivity contribution < 1.29 is 13.9 Å².